The lowest BCUT2D eigenvalue weighted by Gasteiger charge is -2.18. The smallest absolute Gasteiger partial charge is 0.234 e. The fraction of sp³-hybridized carbons (Fsp3) is 0.300. The van der Waals surface area contributed by atoms with Crippen molar-refractivity contribution in [2.45, 2.75) is 25.0 Å². The number of carbonyl (C=O) groups is 1. The van der Waals surface area contributed by atoms with Crippen LogP contribution in [0.5, 0.6) is 0 Å². The number of ketones is 1. The van der Waals surface area contributed by atoms with Gasteiger partial charge in [-0.2, -0.15) is 0 Å². The fourth-order valence-electron chi connectivity index (χ4n) is 3.36. The molecule has 2 heterocycles. The summed E-state index contributed by atoms with van der Waals surface area (Å²) in [5.41, 5.74) is 3.20. The van der Waals surface area contributed by atoms with Crippen LogP contribution in [0.25, 0.3) is 0 Å². The van der Waals surface area contributed by atoms with E-state index < -0.39 is 10.0 Å². The van der Waals surface area contributed by atoms with Crippen molar-refractivity contribution < 1.29 is 13.2 Å². The molecule has 8 nitrogen and oxygen atoms in total. The van der Waals surface area contributed by atoms with Crippen LogP contribution in [0, 0.1) is 0 Å². The molecule has 0 unspecified atom stereocenters. The van der Waals surface area contributed by atoms with Gasteiger partial charge in [-0.1, -0.05) is 42.1 Å². The zero-order valence-corrected chi connectivity index (χ0v) is 18.1. The largest absolute Gasteiger partial charge is 0.293 e. The van der Waals surface area contributed by atoms with Gasteiger partial charge in [-0.05, 0) is 53.1 Å². The van der Waals surface area contributed by atoms with Crippen LogP contribution in [0.2, 0.25) is 0 Å². The van der Waals surface area contributed by atoms with Crippen molar-refractivity contribution in [2.24, 2.45) is 0 Å². The Kier molecular flexibility index (Phi) is 5.87. The molecular formula is C20H21N5O3S2. The Balaban J connectivity index is 1.43. The quantitative estimate of drug-likeness (QED) is 0.389. The first-order valence-electron chi connectivity index (χ1n) is 9.57. The van der Waals surface area contributed by atoms with E-state index in [2.05, 4.69) is 15.5 Å². The van der Waals surface area contributed by atoms with Gasteiger partial charge in [-0.3, -0.25) is 9.10 Å². The number of tetrazole rings is 1. The maximum Gasteiger partial charge on any atom is 0.234 e. The predicted molar refractivity (Wildman–Crippen MR) is 115 cm³/mol. The Hall–Kier alpha value is -2.72. The SMILES string of the molecule is CCS(=O)(=O)N1CCc2cc(C(=O)CSc3nnnn3Cc3ccccc3)ccc21. The highest BCUT2D eigenvalue weighted by molar-refractivity contribution is 7.99. The average Bonchev–Trinajstić information content (AvgIpc) is 3.39. The maximum absolute atomic E-state index is 12.7. The van der Waals surface area contributed by atoms with Gasteiger partial charge in [0, 0.05) is 12.1 Å². The number of fused-ring (bicyclic) bond motifs is 1. The minimum atomic E-state index is -3.30. The highest BCUT2D eigenvalue weighted by Gasteiger charge is 2.28. The van der Waals surface area contributed by atoms with Gasteiger partial charge >= 0.3 is 0 Å². The molecule has 0 saturated carbocycles. The summed E-state index contributed by atoms with van der Waals surface area (Å²) in [6, 6.07) is 15.1. The topological polar surface area (TPSA) is 98.1 Å². The molecule has 0 radical (unpaired) electrons. The summed E-state index contributed by atoms with van der Waals surface area (Å²) in [4.78, 5) is 12.7. The molecular weight excluding hydrogens is 422 g/mol. The van der Waals surface area contributed by atoms with Crippen molar-refractivity contribution in [3.63, 3.8) is 0 Å². The molecule has 30 heavy (non-hydrogen) atoms. The van der Waals surface area contributed by atoms with Crippen LogP contribution in [-0.2, 0) is 23.0 Å². The van der Waals surface area contributed by atoms with E-state index in [0.717, 1.165) is 11.1 Å². The van der Waals surface area contributed by atoms with Gasteiger partial charge in [-0.25, -0.2) is 13.1 Å². The van der Waals surface area contributed by atoms with Gasteiger partial charge in [0.05, 0.1) is 23.7 Å². The summed E-state index contributed by atoms with van der Waals surface area (Å²) in [6.07, 6.45) is 0.609. The fourth-order valence-corrected chi connectivity index (χ4v) is 5.29. The summed E-state index contributed by atoms with van der Waals surface area (Å²) in [5.74, 6) is 0.209. The number of carbonyl (C=O) groups excluding carboxylic acids is 1. The normalized spacial score (nSPS) is 13.4. The number of rotatable bonds is 8. The first-order chi connectivity index (χ1) is 14.5. The van der Waals surface area contributed by atoms with Crippen LogP contribution >= 0.6 is 11.8 Å². The molecule has 1 aliphatic rings. The van der Waals surface area contributed by atoms with Crippen molar-refractivity contribution in [2.75, 3.05) is 22.4 Å². The number of hydrogen-bond acceptors (Lipinski definition) is 7. The van der Waals surface area contributed by atoms with E-state index in [1.54, 1.807) is 29.8 Å². The highest BCUT2D eigenvalue weighted by Crippen LogP contribution is 2.31. The third kappa shape index (κ3) is 4.24. The number of nitrogens with zero attached hydrogens (tertiary/aromatic N) is 5. The molecule has 156 valence electrons. The van der Waals surface area contributed by atoms with E-state index in [0.29, 0.717) is 35.9 Å². The molecule has 0 fully saturated rings. The Morgan fingerprint density at radius 3 is 2.73 bits per heavy atom. The third-order valence-corrected chi connectivity index (χ3v) is 7.70. The second-order valence-electron chi connectivity index (χ2n) is 6.88. The maximum atomic E-state index is 12.7. The Morgan fingerprint density at radius 1 is 1.17 bits per heavy atom. The van der Waals surface area contributed by atoms with Crippen molar-refractivity contribution in [1.82, 2.24) is 20.2 Å². The van der Waals surface area contributed by atoms with Crippen LogP contribution in [0.15, 0.2) is 53.7 Å². The number of benzene rings is 2. The summed E-state index contributed by atoms with van der Waals surface area (Å²) in [6.45, 7) is 2.59. The minimum absolute atomic E-state index is 0.0474. The first-order valence-corrected chi connectivity index (χ1v) is 12.2. The van der Waals surface area contributed by atoms with Crippen LogP contribution in [0.4, 0.5) is 5.69 Å². The minimum Gasteiger partial charge on any atom is -0.293 e. The number of thioether (sulfide) groups is 1. The van der Waals surface area contributed by atoms with Gasteiger partial charge in [0.2, 0.25) is 15.2 Å². The van der Waals surface area contributed by atoms with Gasteiger partial charge in [-0.15, -0.1) is 5.10 Å². The molecule has 0 spiro atoms. The van der Waals surface area contributed by atoms with Crippen molar-refractivity contribution in [3.05, 3.63) is 65.2 Å². The van der Waals surface area contributed by atoms with Crippen LogP contribution < -0.4 is 4.31 Å². The van der Waals surface area contributed by atoms with Gasteiger partial charge in [0.1, 0.15) is 0 Å². The predicted octanol–water partition coefficient (Wildman–Crippen LogP) is 2.41. The van der Waals surface area contributed by atoms with Crippen molar-refractivity contribution in [3.8, 4) is 0 Å². The molecule has 0 atom stereocenters. The van der Waals surface area contributed by atoms with Crippen molar-refractivity contribution >= 4 is 33.3 Å². The Bertz CT molecular complexity index is 1160. The van der Waals surface area contributed by atoms with Gasteiger partial charge in [0.15, 0.2) is 5.78 Å². The van der Waals surface area contributed by atoms with Crippen LogP contribution in [-0.4, -0.2) is 52.5 Å². The zero-order valence-electron chi connectivity index (χ0n) is 16.4. The number of anilines is 1. The molecule has 1 aliphatic heterocycles. The molecule has 10 heteroatoms. The summed E-state index contributed by atoms with van der Waals surface area (Å²) in [5, 5.41) is 12.3. The number of sulfonamides is 1. The molecule has 0 bridgehead atoms. The third-order valence-electron chi connectivity index (χ3n) is 4.96. The van der Waals surface area contributed by atoms with E-state index in [1.807, 2.05) is 30.3 Å². The molecule has 2 aromatic carbocycles. The zero-order chi connectivity index (χ0) is 21.1. The second-order valence-corrected chi connectivity index (χ2v) is 10.0. The van der Waals surface area contributed by atoms with Gasteiger partial charge in [0.25, 0.3) is 0 Å². The monoisotopic (exact) mass is 443 g/mol. The van der Waals surface area contributed by atoms with E-state index in [1.165, 1.54) is 16.1 Å². The molecule has 1 aromatic heterocycles. The van der Waals surface area contributed by atoms with E-state index in [9.17, 15) is 13.2 Å². The average molecular weight is 444 g/mol. The molecule has 0 saturated heterocycles. The molecule has 3 aromatic rings. The van der Waals surface area contributed by atoms with E-state index in [4.69, 9.17) is 0 Å². The Morgan fingerprint density at radius 2 is 1.97 bits per heavy atom. The first kappa shape index (κ1) is 20.5. The van der Waals surface area contributed by atoms with Crippen LogP contribution in [0.3, 0.4) is 0 Å². The Labute approximate surface area is 179 Å². The number of hydrogen-bond donors (Lipinski definition) is 0. The van der Waals surface area contributed by atoms with Crippen molar-refractivity contribution in [1.29, 1.82) is 0 Å². The summed E-state index contributed by atoms with van der Waals surface area (Å²) >= 11 is 1.29. The van der Waals surface area contributed by atoms with Crippen LogP contribution in [0.1, 0.15) is 28.4 Å². The standard InChI is InChI=1S/C20H21N5O3S2/c1-2-30(27,28)25-11-10-16-12-17(8-9-18(16)25)19(26)14-29-20-21-22-23-24(20)13-15-6-4-3-5-7-15/h3-9,12H,2,10-11,13-14H2,1H3. The highest BCUT2D eigenvalue weighted by atomic mass is 32.2. The summed E-state index contributed by atoms with van der Waals surface area (Å²) < 4.78 is 27.5. The molecule has 0 aliphatic carbocycles. The lowest BCUT2D eigenvalue weighted by atomic mass is 10.1. The number of aromatic nitrogens is 4. The lowest BCUT2D eigenvalue weighted by molar-refractivity contribution is 0.102. The van der Waals surface area contributed by atoms with E-state index >= 15 is 0 Å². The number of Topliss-reactive ketones (excluding diaryl/α,β-unsaturated/α-hetero) is 1. The molecule has 0 amide bonds. The lowest BCUT2D eigenvalue weighted by Crippen LogP contribution is -2.30. The molecule has 0 N–H and O–H groups in total. The summed E-state index contributed by atoms with van der Waals surface area (Å²) in [7, 11) is -3.30. The second kappa shape index (κ2) is 8.57. The van der Waals surface area contributed by atoms with E-state index in [-0.39, 0.29) is 17.3 Å². The van der Waals surface area contributed by atoms with Gasteiger partial charge < -0.3 is 0 Å². The molecule has 4 rings (SSSR count).